The van der Waals surface area contributed by atoms with Gasteiger partial charge in [-0.2, -0.15) is 0 Å². The topological polar surface area (TPSA) is 65.2 Å². The van der Waals surface area contributed by atoms with E-state index in [1.165, 1.54) is 12.3 Å². The lowest BCUT2D eigenvalue weighted by Crippen LogP contribution is -2.10. The molecule has 2 aromatic rings. The number of hydrogen-bond acceptors (Lipinski definition) is 4. The fraction of sp³-hybridized carbons (Fsp3) is 0.143. The van der Waals surface area contributed by atoms with E-state index in [1.807, 2.05) is 30.3 Å². The zero-order valence-electron chi connectivity index (χ0n) is 10.2. The third-order valence-corrected chi connectivity index (χ3v) is 2.73. The fourth-order valence-corrected chi connectivity index (χ4v) is 1.74. The number of carbonyl (C=O) groups is 1. The zero-order valence-corrected chi connectivity index (χ0v) is 10.9. The molecule has 0 fully saturated rings. The maximum atomic E-state index is 11.9. The van der Waals surface area contributed by atoms with Gasteiger partial charge in [-0.3, -0.25) is 4.79 Å². The molecule has 2 N–H and O–H groups in total. The number of nitrogens with two attached hydrogens (primary N) is 1. The van der Waals surface area contributed by atoms with Gasteiger partial charge in [0.1, 0.15) is 11.6 Å². The monoisotopic (exact) mass is 276 g/mol. The molecule has 4 nitrogen and oxygen atoms in total. The number of hydrogen-bond donors (Lipinski definition) is 1. The first kappa shape index (κ1) is 13.4. The van der Waals surface area contributed by atoms with Gasteiger partial charge in [0.05, 0.1) is 17.2 Å². The smallest absolute Gasteiger partial charge is 0.170 e. The van der Waals surface area contributed by atoms with Crippen molar-refractivity contribution in [2.24, 2.45) is 0 Å². The van der Waals surface area contributed by atoms with Gasteiger partial charge in [-0.25, -0.2) is 4.98 Å². The first-order valence-corrected chi connectivity index (χ1v) is 6.16. The van der Waals surface area contributed by atoms with E-state index in [0.29, 0.717) is 10.6 Å². The summed E-state index contributed by atoms with van der Waals surface area (Å²) in [4.78, 5) is 15.8. The second-order valence-corrected chi connectivity index (χ2v) is 4.36. The molecule has 0 radical (unpaired) electrons. The Balaban J connectivity index is 1.93. The molecule has 0 saturated carbocycles. The van der Waals surface area contributed by atoms with Crippen LogP contribution in [0.5, 0.6) is 5.75 Å². The minimum absolute atomic E-state index is 0.136. The summed E-state index contributed by atoms with van der Waals surface area (Å²) >= 11 is 5.79. The maximum Gasteiger partial charge on any atom is 0.170 e. The molecule has 0 aliphatic carbocycles. The molecule has 98 valence electrons. The predicted molar refractivity (Wildman–Crippen MR) is 74.5 cm³/mol. The summed E-state index contributed by atoms with van der Waals surface area (Å²) in [5.74, 6) is 0.782. The van der Waals surface area contributed by atoms with Crippen LogP contribution in [-0.4, -0.2) is 17.4 Å². The highest BCUT2D eigenvalue weighted by Gasteiger charge is 2.11. The molecule has 1 heterocycles. The van der Waals surface area contributed by atoms with Crippen LogP contribution in [0, 0.1) is 0 Å². The lowest BCUT2D eigenvalue weighted by molar-refractivity contribution is 0.0963. The quantitative estimate of drug-likeness (QED) is 0.853. The Morgan fingerprint density at radius 1 is 1.32 bits per heavy atom. The predicted octanol–water partition coefficient (Wildman–Crippen LogP) is 2.97. The van der Waals surface area contributed by atoms with Gasteiger partial charge in [-0.15, -0.1) is 0 Å². The van der Waals surface area contributed by atoms with Crippen molar-refractivity contribution >= 4 is 23.2 Å². The number of anilines is 1. The Hall–Kier alpha value is -2.07. The average Bonchev–Trinajstić information content (AvgIpc) is 2.42. The molecule has 0 aliphatic rings. The number of nitrogen functional groups attached to an aromatic ring is 1. The number of rotatable bonds is 5. The number of nitrogens with zero attached hydrogens (tertiary/aromatic N) is 1. The number of carbonyl (C=O) groups excluding carboxylic acids is 1. The van der Waals surface area contributed by atoms with Crippen LogP contribution < -0.4 is 10.5 Å². The molecule has 5 heteroatoms. The number of halogens is 1. The molecule has 1 aromatic carbocycles. The van der Waals surface area contributed by atoms with Gasteiger partial charge in [-0.1, -0.05) is 29.8 Å². The van der Waals surface area contributed by atoms with Crippen LogP contribution in [0.15, 0.2) is 42.6 Å². The van der Waals surface area contributed by atoms with Crippen molar-refractivity contribution in [2.75, 3.05) is 12.3 Å². The Kier molecular flexibility index (Phi) is 4.36. The first-order chi connectivity index (χ1) is 9.16. The van der Waals surface area contributed by atoms with E-state index >= 15 is 0 Å². The van der Waals surface area contributed by atoms with Gasteiger partial charge in [-0.05, 0) is 18.2 Å². The summed E-state index contributed by atoms with van der Waals surface area (Å²) in [6.45, 7) is 0.287. The molecule has 0 bridgehead atoms. The molecule has 0 spiro atoms. The van der Waals surface area contributed by atoms with Gasteiger partial charge < -0.3 is 10.5 Å². The number of ketones is 1. The molecule has 1 aromatic heterocycles. The summed E-state index contributed by atoms with van der Waals surface area (Å²) in [6, 6.07) is 10.8. The van der Waals surface area contributed by atoms with E-state index in [9.17, 15) is 4.79 Å². The van der Waals surface area contributed by atoms with Crippen LogP contribution in [-0.2, 0) is 0 Å². The van der Waals surface area contributed by atoms with Crippen LogP contribution in [0.4, 0.5) is 5.82 Å². The van der Waals surface area contributed by atoms with Gasteiger partial charge in [0.25, 0.3) is 0 Å². The van der Waals surface area contributed by atoms with Gasteiger partial charge in [0, 0.05) is 12.6 Å². The first-order valence-electron chi connectivity index (χ1n) is 5.79. The maximum absolute atomic E-state index is 11.9. The van der Waals surface area contributed by atoms with Crippen molar-refractivity contribution in [3.8, 4) is 5.75 Å². The number of Topliss-reactive ketones (excluding diaryl/α,β-unsaturated/α-hetero) is 1. The number of para-hydroxylation sites is 1. The number of aromatic nitrogens is 1. The lowest BCUT2D eigenvalue weighted by Gasteiger charge is -2.06. The van der Waals surface area contributed by atoms with Crippen molar-refractivity contribution in [3.63, 3.8) is 0 Å². The summed E-state index contributed by atoms with van der Waals surface area (Å²) in [7, 11) is 0. The molecular formula is C14H13ClN2O2. The van der Waals surface area contributed by atoms with Crippen molar-refractivity contribution in [1.82, 2.24) is 4.98 Å². The number of pyridine rings is 1. The number of ether oxygens (including phenoxy) is 1. The van der Waals surface area contributed by atoms with Crippen LogP contribution >= 0.6 is 11.6 Å². The van der Waals surface area contributed by atoms with Crippen LogP contribution in [0.25, 0.3) is 0 Å². The lowest BCUT2D eigenvalue weighted by atomic mass is 10.1. The van der Waals surface area contributed by atoms with Crippen LogP contribution in [0.2, 0.25) is 5.02 Å². The molecule has 0 unspecified atom stereocenters. The van der Waals surface area contributed by atoms with E-state index in [2.05, 4.69) is 4.98 Å². The minimum atomic E-state index is -0.136. The fourth-order valence-electron chi connectivity index (χ4n) is 1.59. The van der Waals surface area contributed by atoms with Crippen molar-refractivity contribution < 1.29 is 9.53 Å². The molecule has 0 aliphatic heterocycles. The minimum Gasteiger partial charge on any atom is -0.493 e. The highest BCUT2D eigenvalue weighted by Crippen LogP contribution is 2.17. The van der Waals surface area contributed by atoms with Crippen LogP contribution in [0.1, 0.15) is 16.8 Å². The van der Waals surface area contributed by atoms with Gasteiger partial charge in [0.2, 0.25) is 0 Å². The van der Waals surface area contributed by atoms with Crippen molar-refractivity contribution in [3.05, 3.63) is 53.2 Å². The van der Waals surface area contributed by atoms with Gasteiger partial charge in [0.15, 0.2) is 5.78 Å². The number of benzene rings is 1. The zero-order chi connectivity index (χ0) is 13.7. The summed E-state index contributed by atoms with van der Waals surface area (Å²) < 4.78 is 5.45. The standard InChI is InChI=1S/C14H13ClN2O2/c15-10-8-12(14(16)17-9-10)13(18)6-7-19-11-4-2-1-3-5-11/h1-5,8-9H,6-7H2,(H2,16,17). The average molecular weight is 277 g/mol. The molecule has 0 atom stereocenters. The molecule has 19 heavy (non-hydrogen) atoms. The third kappa shape index (κ3) is 3.69. The Labute approximate surface area is 116 Å². The van der Waals surface area contributed by atoms with Crippen molar-refractivity contribution in [1.29, 1.82) is 0 Å². The molecule has 0 saturated heterocycles. The van der Waals surface area contributed by atoms with E-state index < -0.39 is 0 Å². The Bertz CT molecular complexity index is 573. The highest BCUT2D eigenvalue weighted by molar-refractivity contribution is 6.31. The van der Waals surface area contributed by atoms with Gasteiger partial charge >= 0.3 is 0 Å². The largest absolute Gasteiger partial charge is 0.493 e. The summed E-state index contributed by atoms with van der Waals surface area (Å²) in [5, 5.41) is 0.390. The highest BCUT2D eigenvalue weighted by atomic mass is 35.5. The SMILES string of the molecule is Nc1ncc(Cl)cc1C(=O)CCOc1ccccc1. The van der Waals surface area contributed by atoms with E-state index in [1.54, 1.807) is 0 Å². The normalized spacial score (nSPS) is 10.2. The molecule has 2 rings (SSSR count). The molecule has 0 amide bonds. The Morgan fingerprint density at radius 3 is 2.79 bits per heavy atom. The summed E-state index contributed by atoms with van der Waals surface area (Å²) in [5.41, 5.74) is 5.98. The second-order valence-electron chi connectivity index (χ2n) is 3.92. The van der Waals surface area contributed by atoms with E-state index in [-0.39, 0.29) is 24.6 Å². The second kappa shape index (κ2) is 6.20. The molecular weight excluding hydrogens is 264 g/mol. The van der Waals surface area contributed by atoms with E-state index in [4.69, 9.17) is 22.1 Å². The summed E-state index contributed by atoms with van der Waals surface area (Å²) in [6.07, 6.45) is 1.63. The third-order valence-electron chi connectivity index (χ3n) is 2.53. The Morgan fingerprint density at radius 2 is 2.05 bits per heavy atom. The van der Waals surface area contributed by atoms with Crippen molar-refractivity contribution in [2.45, 2.75) is 6.42 Å². The van der Waals surface area contributed by atoms with E-state index in [0.717, 1.165) is 5.75 Å². The van der Waals surface area contributed by atoms with Crippen LogP contribution in [0.3, 0.4) is 0 Å².